The zero-order chi connectivity index (χ0) is 17.6. The lowest BCUT2D eigenvalue weighted by atomic mass is 10.2. The highest BCUT2D eigenvalue weighted by Crippen LogP contribution is 2.15. The monoisotopic (exact) mass is 326 g/mol. The molecule has 0 aliphatic heterocycles. The normalized spacial score (nSPS) is 11.2. The summed E-state index contributed by atoms with van der Waals surface area (Å²) in [6.07, 6.45) is -0.360. The average Bonchev–Trinajstić information content (AvgIpc) is 2.81. The van der Waals surface area contributed by atoms with Gasteiger partial charge in [0.15, 0.2) is 0 Å². The summed E-state index contributed by atoms with van der Waals surface area (Å²) < 4.78 is 15.4. The number of amides is 1. The Balaban J connectivity index is 2.38. The van der Waals surface area contributed by atoms with E-state index < -0.39 is 11.6 Å². The van der Waals surface area contributed by atoms with Gasteiger partial charge in [0.1, 0.15) is 22.7 Å². The van der Waals surface area contributed by atoms with Gasteiger partial charge >= 0.3 is 12.1 Å². The van der Waals surface area contributed by atoms with Gasteiger partial charge in [-0.05, 0) is 33.8 Å². The van der Waals surface area contributed by atoms with Gasteiger partial charge in [0, 0.05) is 20.1 Å². The summed E-state index contributed by atoms with van der Waals surface area (Å²) in [4.78, 5) is 24.8. The first-order chi connectivity index (χ1) is 10.6. The van der Waals surface area contributed by atoms with E-state index in [1.54, 1.807) is 20.0 Å². The SMILES string of the molecule is COC(=O)c1cc(CNCCN(C)C(=O)OC(C)(C)C)oc1C. The molecule has 0 saturated carbocycles. The van der Waals surface area contributed by atoms with Crippen LogP contribution in [-0.4, -0.2) is 49.8 Å². The molecule has 1 aromatic rings. The summed E-state index contributed by atoms with van der Waals surface area (Å²) in [5.74, 6) is 0.754. The lowest BCUT2D eigenvalue weighted by Gasteiger charge is -2.24. The third-order valence-electron chi connectivity index (χ3n) is 3.00. The van der Waals surface area contributed by atoms with Crippen LogP contribution in [-0.2, 0) is 16.0 Å². The fraction of sp³-hybridized carbons (Fsp3) is 0.625. The van der Waals surface area contributed by atoms with Gasteiger partial charge in [0.05, 0.1) is 13.7 Å². The van der Waals surface area contributed by atoms with E-state index in [1.165, 1.54) is 12.0 Å². The minimum atomic E-state index is -0.505. The summed E-state index contributed by atoms with van der Waals surface area (Å²) >= 11 is 0. The lowest BCUT2D eigenvalue weighted by Crippen LogP contribution is -2.37. The summed E-state index contributed by atoms with van der Waals surface area (Å²) in [5.41, 5.74) is -0.0791. The topological polar surface area (TPSA) is 81.0 Å². The molecular formula is C16H26N2O5. The second-order valence-electron chi connectivity index (χ2n) is 6.25. The molecule has 0 fully saturated rings. The second kappa shape index (κ2) is 8.01. The maximum Gasteiger partial charge on any atom is 0.410 e. The van der Waals surface area contributed by atoms with Gasteiger partial charge < -0.3 is 24.1 Å². The van der Waals surface area contributed by atoms with Crippen LogP contribution < -0.4 is 5.32 Å². The number of likely N-dealkylation sites (N-methyl/N-ethyl adjacent to an activating group) is 1. The highest BCUT2D eigenvalue weighted by atomic mass is 16.6. The molecule has 1 amide bonds. The highest BCUT2D eigenvalue weighted by Gasteiger charge is 2.19. The molecule has 1 heterocycles. The predicted molar refractivity (Wildman–Crippen MR) is 85.4 cm³/mol. The Morgan fingerprint density at radius 1 is 1.35 bits per heavy atom. The molecule has 0 atom stereocenters. The van der Waals surface area contributed by atoms with E-state index in [2.05, 4.69) is 10.1 Å². The Morgan fingerprint density at radius 2 is 2.00 bits per heavy atom. The van der Waals surface area contributed by atoms with E-state index in [1.807, 2.05) is 20.8 Å². The molecule has 1 N–H and O–H groups in total. The highest BCUT2D eigenvalue weighted by molar-refractivity contribution is 5.90. The van der Waals surface area contributed by atoms with Crippen molar-refractivity contribution < 1.29 is 23.5 Å². The first kappa shape index (κ1) is 19.0. The summed E-state index contributed by atoms with van der Waals surface area (Å²) in [7, 11) is 3.02. The minimum Gasteiger partial charge on any atom is -0.465 e. The van der Waals surface area contributed by atoms with Crippen molar-refractivity contribution in [1.82, 2.24) is 10.2 Å². The van der Waals surface area contributed by atoms with Crippen molar-refractivity contribution in [2.75, 3.05) is 27.2 Å². The smallest absolute Gasteiger partial charge is 0.410 e. The van der Waals surface area contributed by atoms with Gasteiger partial charge in [-0.1, -0.05) is 0 Å². The van der Waals surface area contributed by atoms with Crippen LogP contribution in [0.2, 0.25) is 0 Å². The fourth-order valence-electron chi connectivity index (χ4n) is 1.83. The molecule has 0 unspecified atom stereocenters. The van der Waals surface area contributed by atoms with Gasteiger partial charge in [0.2, 0.25) is 0 Å². The van der Waals surface area contributed by atoms with Crippen LogP contribution >= 0.6 is 0 Å². The standard InChI is InChI=1S/C16H26N2O5/c1-11-13(14(19)21-6)9-12(22-11)10-17-7-8-18(5)15(20)23-16(2,3)4/h9,17H,7-8,10H2,1-6H3. The lowest BCUT2D eigenvalue weighted by molar-refractivity contribution is 0.0300. The quantitative estimate of drug-likeness (QED) is 0.638. The third-order valence-corrected chi connectivity index (χ3v) is 3.00. The molecule has 130 valence electrons. The predicted octanol–water partition coefficient (Wildman–Crippen LogP) is 2.33. The number of esters is 1. The van der Waals surface area contributed by atoms with Crippen molar-refractivity contribution in [2.24, 2.45) is 0 Å². The van der Waals surface area contributed by atoms with E-state index in [9.17, 15) is 9.59 Å². The van der Waals surface area contributed by atoms with Gasteiger partial charge in [-0.2, -0.15) is 0 Å². The molecule has 0 bridgehead atoms. The average molecular weight is 326 g/mol. The Labute approximate surface area is 136 Å². The number of hydrogen-bond donors (Lipinski definition) is 1. The van der Waals surface area contributed by atoms with Gasteiger partial charge in [-0.3, -0.25) is 0 Å². The van der Waals surface area contributed by atoms with Crippen LogP contribution in [0.4, 0.5) is 4.79 Å². The zero-order valence-corrected chi connectivity index (χ0v) is 14.7. The molecule has 0 spiro atoms. The summed E-state index contributed by atoms with van der Waals surface area (Å²) in [6.45, 7) is 8.73. The first-order valence-corrected chi connectivity index (χ1v) is 7.46. The van der Waals surface area contributed by atoms with Crippen molar-refractivity contribution in [1.29, 1.82) is 0 Å². The Hall–Kier alpha value is -2.02. The van der Waals surface area contributed by atoms with Crippen LogP contribution in [0.15, 0.2) is 10.5 Å². The summed E-state index contributed by atoms with van der Waals surface area (Å²) in [5, 5.41) is 3.15. The number of methoxy groups -OCH3 is 1. The number of rotatable bonds is 6. The van der Waals surface area contributed by atoms with Crippen LogP contribution in [0.1, 0.15) is 42.6 Å². The number of hydrogen-bond acceptors (Lipinski definition) is 6. The number of carbonyl (C=O) groups is 2. The first-order valence-electron chi connectivity index (χ1n) is 7.46. The van der Waals surface area contributed by atoms with E-state index in [-0.39, 0.29) is 6.09 Å². The maximum absolute atomic E-state index is 11.8. The van der Waals surface area contributed by atoms with Crippen molar-refractivity contribution in [2.45, 2.75) is 39.8 Å². The van der Waals surface area contributed by atoms with Crippen molar-refractivity contribution >= 4 is 12.1 Å². The zero-order valence-electron chi connectivity index (χ0n) is 14.7. The molecule has 0 radical (unpaired) electrons. The number of furan rings is 1. The number of carbonyl (C=O) groups excluding carboxylic acids is 2. The van der Waals surface area contributed by atoms with Crippen LogP contribution in [0.3, 0.4) is 0 Å². The molecule has 0 aliphatic carbocycles. The Kier molecular flexibility index (Phi) is 6.62. The van der Waals surface area contributed by atoms with Crippen LogP contribution in [0.5, 0.6) is 0 Å². The maximum atomic E-state index is 11.8. The molecule has 0 aliphatic rings. The second-order valence-corrected chi connectivity index (χ2v) is 6.25. The van der Waals surface area contributed by atoms with E-state index >= 15 is 0 Å². The number of ether oxygens (including phenoxy) is 2. The van der Waals surface area contributed by atoms with E-state index in [0.717, 1.165) is 0 Å². The minimum absolute atomic E-state index is 0.360. The van der Waals surface area contributed by atoms with Crippen LogP contribution in [0.25, 0.3) is 0 Å². The molecule has 23 heavy (non-hydrogen) atoms. The molecule has 0 aromatic carbocycles. The molecule has 1 rings (SSSR count). The third kappa shape index (κ3) is 6.32. The number of nitrogens with one attached hydrogen (secondary N) is 1. The molecule has 7 nitrogen and oxygen atoms in total. The number of nitrogens with zero attached hydrogens (tertiary/aromatic N) is 1. The number of aryl methyl sites for hydroxylation is 1. The Bertz CT molecular complexity index is 545. The Morgan fingerprint density at radius 3 is 2.57 bits per heavy atom. The molecular weight excluding hydrogens is 300 g/mol. The van der Waals surface area contributed by atoms with Gasteiger partial charge in [0.25, 0.3) is 0 Å². The van der Waals surface area contributed by atoms with Gasteiger partial charge in [-0.15, -0.1) is 0 Å². The van der Waals surface area contributed by atoms with Crippen molar-refractivity contribution in [3.63, 3.8) is 0 Å². The van der Waals surface area contributed by atoms with Crippen LogP contribution in [0, 0.1) is 6.92 Å². The van der Waals surface area contributed by atoms with E-state index in [0.29, 0.717) is 36.7 Å². The molecule has 1 aromatic heterocycles. The fourth-order valence-corrected chi connectivity index (χ4v) is 1.83. The van der Waals surface area contributed by atoms with Crippen molar-refractivity contribution in [3.8, 4) is 0 Å². The molecule has 7 heteroatoms. The van der Waals surface area contributed by atoms with Crippen molar-refractivity contribution in [3.05, 3.63) is 23.2 Å². The van der Waals surface area contributed by atoms with Gasteiger partial charge in [-0.25, -0.2) is 9.59 Å². The molecule has 0 saturated heterocycles. The summed E-state index contributed by atoms with van der Waals surface area (Å²) in [6, 6.07) is 1.66. The largest absolute Gasteiger partial charge is 0.465 e. The van der Waals surface area contributed by atoms with E-state index in [4.69, 9.17) is 9.15 Å².